The Bertz CT molecular complexity index is 451. The summed E-state index contributed by atoms with van der Waals surface area (Å²) in [6.45, 7) is 0.176. The minimum absolute atomic E-state index is 0.176. The van der Waals surface area contributed by atoms with Gasteiger partial charge in [-0.2, -0.15) is 4.39 Å². The molecule has 0 aromatic heterocycles. The van der Waals surface area contributed by atoms with Gasteiger partial charge in [0, 0.05) is 19.0 Å². The molecule has 1 aliphatic rings. The van der Waals surface area contributed by atoms with Crippen LogP contribution >= 0.6 is 0 Å². The van der Waals surface area contributed by atoms with Crippen molar-refractivity contribution in [3.05, 3.63) is 29.3 Å². The maximum Gasteiger partial charge on any atom is 0.407 e. The Morgan fingerprint density at radius 1 is 1.53 bits per heavy atom. The van der Waals surface area contributed by atoms with Crippen molar-refractivity contribution in [3.63, 3.8) is 0 Å². The van der Waals surface area contributed by atoms with E-state index >= 15 is 0 Å². The average molecular weight is 243 g/mol. The van der Waals surface area contributed by atoms with Gasteiger partial charge in [0.2, 0.25) is 5.82 Å². The molecule has 1 atom stereocenters. The molecule has 1 amide bonds. The van der Waals surface area contributed by atoms with Crippen molar-refractivity contribution >= 4 is 6.09 Å². The first-order valence-electron chi connectivity index (χ1n) is 5.12. The molecule has 1 unspecified atom stereocenters. The van der Waals surface area contributed by atoms with Gasteiger partial charge in [0.1, 0.15) is 6.10 Å². The molecule has 92 valence electrons. The molecule has 0 bridgehead atoms. The van der Waals surface area contributed by atoms with E-state index in [1.165, 1.54) is 13.1 Å². The fourth-order valence-corrected chi connectivity index (χ4v) is 1.68. The van der Waals surface area contributed by atoms with Crippen LogP contribution in [0.1, 0.15) is 18.1 Å². The van der Waals surface area contributed by atoms with E-state index in [1.54, 1.807) is 0 Å². The monoisotopic (exact) mass is 243 g/mol. The Balaban J connectivity index is 2.32. The van der Waals surface area contributed by atoms with Gasteiger partial charge in [-0.3, -0.25) is 0 Å². The third kappa shape index (κ3) is 2.15. The van der Waals surface area contributed by atoms with Gasteiger partial charge in [-0.15, -0.1) is 0 Å². The summed E-state index contributed by atoms with van der Waals surface area (Å²) in [6.07, 6.45) is -0.827. The number of ether oxygens (including phenoxy) is 2. The highest BCUT2D eigenvalue weighted by Gasteiger charge is 2.28. The van der Waals surface area contributed by atoms with Gasteiger partial charge in [-0.1, -0.05) is 0 Å². The summed E-state index contributed by atoms with van der Waals surface area (Å²) in [5.41, 5.74) is 0.346. The van der Waals surface area contributed by atoms with Gasteiger partial charge in [0.25, 0.3) is 0 Å². The third-order valence-electron chi connectivity index (χ3n) is 2.51. The Morgan fingerprint density at radius 3 is 3.00 bits per heavy atom. The standard InChI is InChI=1S/C11H11F2NO3/c1-14-11(15)17-8-4-5-16-10-6(8)2-3-7(12)9(10)13/h2-3,8H,4-5H2,1H3,(H,14,15). The van der Waals surface area contributed by atoms with Gasteiger partial charge in [0.05, 0.1) is 6.61 Å². The number of nitrogens with one attached hydrogen (secondary N) is 1. The van der Waals surface area contributed by atoms with Crippen LogP contribution in [0.3, 0.4) is 0 Å². The maximum atomic E-state index is 13.4. The SMILES string of the molecule is CNC(=O)OC1CCOc2c1ccc(F)c2F. The predicted octanol–water partition coefficient (Wildman–Crippen LogP) is 2.14. The molecule has 0 spiro atoms. The van der Waals surface area contributed by atoms with Gasteiger partial charge < -0.3 is 14.8 Å². The van der Waals surface area contributed by atoms with Crippen LogP contribution < -0.4 is 10.1 Å². The van der Waals surface area contributed by atoms with Crippen molar-refractivity contribution in [2.24, 2.45) is 0 Å². The van der Waals surface area contributed by atoms with E-state index in [2.05, 4.69) is 5.32 Å². The lowest BCUT2D eigenvalue weighted by atomic mass is 10.0. The van der Waals surface area contributed by atoms with Crippen LogP contribution in [0.2, 0.25) is 0 Å². The van der Waals surface area contributed by atoms with Crippen LogP contribution in [0.15, 0.2) is 12.1 Å². The smallest absolute Gasteiger partial charge is 0.407 e. The molecule has 17 heavy (non-hydrogen) atoms. The molecule has 1 aromatic rings. The van der Waals surface area contributed by atoms with Gasteiger partial charge in [-0.25, -0.2) is 9.18 Å². The van der Waals surface area contributed by atoms with E-state index in [1.807, 2.05) is 0 Å². The number of alkyl carbamates (subject to hydrolysis) is 1. The lowest BCUT2D eigenvalue weighted by Gasteiger charge is -2.25. The van der Waals surface area contributed by atoms with E-state index in [0.717, 1.165) is 6.07 Å². The molecular weight excluding hydrogens is 232 g/mol. The number of rotatable bonds is 1. The summed E-state index contributed by atoms with van der Waals surface area (Å²) in [7, 11) is 1.42. The molecule has 6 heteroatoms. The minimum atomic E-state index is -1.05. The first-order valence-corrected chi connectivity index (χ1v) is 5.12. The predicted molar refractivity (Wildman–Crippen MR) is 54.8 cm³/mol. The van der Waals surface area contributed by atoms with E-state index < -0.39 is 23.8 Å². The molecule has 1 heterocycles. The Kier molecular flexibility index (Phi) is 3.12. The summed E-state index contributed by atoms with van der Waals surface area (Å²) < 4.78 is 36.5. The summed E-state index contributed by atoms with van der Waals surface area (Å²) in [4.78, 5) is 11.1. The van der Waals surface area contributed by atoms with Crippen LogP contribution in [0.4, 0.5) is 13.6 Å². The highest BCUT2D eigenvalue weighted by atomic mass is 19.2. The van der Waals surface area contributed by atoms with Crippen LogP contribution in [-0.2, 0) is 4.74 Å². The van der Waals surface area contributed by atoms with Crippen molar-refractivity contribution in [2.45, 2.75) is 12.5 Å². The number of hydrogen-bond acceptors (Lipinski definition) is 3. The lowest BCUT2D eigenvalue weighted by Crippen LogP contribution is -2.25. The number of halogens is 2. The van der Waals surface area contributed by atoms with Crippen LogP contribution in [0.5, 0.6) is 5.75 Å². The summed E-state index contributed by atoms with van der Waals surface area (Å²) in [5.74, 6) is -2.21. The summed E-state index contributed by atoms with van der Waals surface area (Å²) >= 11 is 0. The Morgan fingerprint density at radius 2 is 2.29 bits per heavy atom. The molecule has 0 aliphatic carbocycles. The summed E-state index contributed by atoms with van der Waals surface area (Å²) in [5, 5.41) is 2.30. The number of benzene rings is 1. The van der Waals surface area contributed by atoms with E-state index in [-0.39, 0.29) is 12.4 Å². The molecule has 1 N–H and O–H groups in total. The average Bonchev–Trinajstić information content (AvgIpc) is 2.34. The zero-order chi connectivity index (χ0) is 12.4. The fraction of sp³-hybridized carbons (Fsp3) is 0.364. The van der Waals surface area contributed by atoms with Crippen molar-refractivity contribution in [1.29, 1.82) is 0 Å². The van der Waals surface area contributed by atoms with E-state index in [4.69, 9.17) is 9.47 Å². The lowest BCUT2D eigenvalue weighted by molar-refractivity contribution is 0.0691. The topological polar surface area (TPSA) is 47.6 Å². The Labute approximate surface area is 96.5 Å². The second-order valence-corrected chi connectivity index (χ2v) is 3.56. The van der Waals surface area contributed by atoms with Crippen molar-refractivity contribution < 1.29 is 23.0 Å². The molecule has 1 aliphatic heterocycles. The zero-order valence-electron chi connectivity index (χ0n) is 9.13. The number of carbonyl (C=O) groups excluding carboxylic acids is 1. The molecule has 0 saturated heterocycles. The molecular formula is C11H11F2NO3. The molecule has 2 rings (SSSR count). The van der Waals surface area contributed by atoms with Crippen LogP contribution in [0.25, 0.3) is 0 Å². The highest BCUT2D eigenvalue weighted by molar-refractivity contribution is 5.67. The minimum Gasteiger partial charge on any atom is -0.490 e. The van der Waals surface area contributed by atoms with Crippen molar-refractivity contribution in [2.75, 3.05) is 13.7 Å². The van der Waals surface area contributed by atoms with E-state index in [9.17, 15) is 13.6 Å². The number of amides is 1. The second-order valence-electron chi connectivity index (χ2n) is 3.56. The second kappa shape index (κ2) is 4.57. The normalized spacial score (nSPS) is 17.9. The van der Waals surface area contributed by atoms with Gasteiger partial charge >= 0.3 is 6.09 Å². The number of carbonyl (C=O) groups is 1. The largest absolute Gasteiger partial charge is 0.490 e. The number of hydrogen-bond donors (Lipinski definition) is 1. The molecule has 1 aromatic carbocycles. The van der Waals surface area contributed by atoms with Gasteiger partial charge in [0.15, 0.2) is 11.6 Å². The van der Waals surface area contributed by atoms with Crippen molar-refractivity contribution in [1.82, 2.24) is 5.32 Å². The third-order valence-corrected chi connectivity index (χ3v) is 2.51. The quantitative estimate of drug-likeness (QED) is 0.822. The van der Waals surface area contributed by atoms with Gasteiger partial charge in [-0.05, 0) is 12.1 Å². The molecule has 0 fully saturated rings. The molecule has 0 saturated carbocycles. The molecule has 4 nitrogen and oxygen atoms in total. The van der Waals surface area contributed by atoms with Crippen LogP contribution in [-0.4, -0.2) is 19.7 Å². The van der Waals surface area contributed by atoms with Crippen molar-refractivity contribution in [3.8, 4) is 5.75 Å². The first kappa shape index (κ1) is 11.6. The fourth-order valence-electron chi connectivity index (χ4n) is 1.68. The first-order chi connectivity index (χ1) is 8.13. The highest BCUT2D eigenvalue weighted by Crippen LogP contribution is 2.37. The zero-order valence-corrected chi connectivity index (χ0v) is 9.13. The maximum absolute atomic E-state index is 13.4. The number of fused-ring (bicyclic) bond motifs is 1. The Hall–Kier alpha value is -1.85. The van der Waals surface area contributed by atoms with Crippen LogP contribution in [0, 0.1) is 11.6 Å². The van der Waals surface area contributed by atoms with E-state index in [0.29, 0.717) is 12.0 Å². The summed E-state index contributed by atoms with van der Waals surface area (Å²) in [6, 6.07) is 2.35. The molecule has 0 radical (unpaired) electrons.